The monoisotopic (exact) mass is 245 g/mol. The van der Waals surface area contributed by atoms with E-state index in [1.54, 1.807) is 23.1 Å². The number of piperazine rings is 1. The minimum Gasteiger partial charge on any atom is -0.353 e. The van der Waals surface area contributed by atoms with Crippen molar-refractivity contribution in [2.24, 2.45) is 4.99 Å². The SMILES string of the molecule is O=C=NCc1ccccc1N1CC(=O)NC(=O)C1. The van der Waals surface area contributed by atoms with E-state index in [2.05, 4.69) is 10.3 Å². The molecule has 1 N–H and O–H groups in total. The third-order valence-corrected chi connectivity index (χ3v) is 2.59. The maximum atomic E-state index is 11.3. The molecule has 1 saturated heterocycles. The lowest BCUT2D eigenvalue weighted by atomic mass is 10.1. The summed E-state index contributed by atoms with van der Waals surface area (Å²) < 4.78 is 0. The number of aliphatic imine (C=N–C) groups is 1. The molecule has 2 rings (SSSR count). The average Bonchev–Trinajstić information content (AvgIpc) is 2.35. The van der Waals surface area contributed by atoms with Gasteiger partial charge in [-0.05, 0) is 11.6 Å². The Kier molecular flexibility index (Phi) is 3.50. The molecule has 0 bridgehead atoms. The van der Waals surface area contributed by atoms with Crippen LogP contribution in [0.2, 0.25) is 0 Å². The minimum absolute atomic E-state index is 0.119. The number of hydrogen-bond donors (Lipinski definition) is 1. The van der Waals surface area contributed by atoms with Crippen LogP contribution in [0, 0.1) is 0 Å². The summed E-state index contributed by atoms with van der Waals surface area (Å²) in [7, 11) is 0. The smallest absolute Gasteiger partial charge is 0.246 e. The largest absolute Gasteiger partial charge is 0.353 e. The third-order valence-electron chi connectivity index (χ3n) is 2.59. The van der Waals surface area contributed by atoms with Gasteiger partial charge in [-0.25, -0.2) is 9.79 Å². The zero-order valence-corrected chi connectivity index (χ0v) is 9.55. The second-order valence-corrected chi connectivity index (χ2v) is 3.86. The van der Waals surface area contributed by atoms with Crippen molar-refractivity contribution in [3.63, 3.8) is 0 Å². The first-order chi connectivity index (χ1) is 8.70. The van der Waals surface area contributed by atoms with Crippen LogP contribution in [0.5, 0.6) is 0 Å². The second kappa shape index (κ2) is 5.25. The summed E-state index contributed by atoms with van der Waals surface area (Å²) in [6.45, 7) is 0.424. The van der Waals surface area contributed by atoms with Gasteiger partial charge >= 0.3 is 0 Å². The predicted molar refractivity (Wildman–Crippen MR) is 63.6 cm³/mol. The van der Waals surface area contributed by atoms with Crippen LogP contribution < -0.4 is 10.2 Å². The van der Waals surface area contributed by atoms with Gasteiger partial charge < -0.3 is 4.90 Å². The summed E-state index contributed by atoms with van der Waals surface area (Å²) in [5.41, 5.74) is 1.52. The number of carbonyl (C=O) groups is 2. The lowest BCUT2D eigenvalue weighted by molar-refractivity contribution is -0.130. The molecule has 0 spiro atoms. The molecule has 2 amide bonds. The lowest BCUT2D eigenvalue weighted by Crippen LogP contribution is -2.51. The summed E-state index contributed by atoms with van der Waals surface area (Å²) in [4.78, 5) is 38.0. The first-order valence-electron chi connectivity index (χ1n) is 5.40. The Hall–Kier alpha value is -2.46. The average molecular weight is 245 g/mol. The van der Waals surface area contributed by atoms with Crippen molar-refractivity contribution in [2.45, 2.75) is 6.54 Å². The maximum Gasteiger partial charge on any atom is 0.246 e. The Morgan fingerprint density at radius 2 is 1.89 bits per heavy atom. The zero-order valence-electron chi connectivity index (χ0n) is 9.55. The first kappa shape index (κ1) is 12.0. The van der Waals surface area contributed by atoms with Gasteiger partial charge in [0.15, 0.2) is 0 Å². The van der Waals surface area contributed by atoms with E-state index in [-0.39, 0.29) is 31.4 Å². The Morgan fingerprint density at radius 3 is 2.56 bits per heavy atom. The zero-order chi connectivity index (χ0) is 13.0. The van der Waals surface area contributed by atoms with Crippen molar-refractivity contribution in [3.8, 4) is 0 Å². The molecule has 6 heteroatoms. The van der Waals surface area contributed by atoms with E-state index < -0.39 is 0 Å². The van der Waals surface area contributed by atoms with Crippen molar-refractivity contribution >= 4 is 23.6 Å². The summed E-state index contributed by atoms with van der Waals surface area (Å²) in [5, 5.41) is 2.24. The molecule has 1 aliphatic heterocycles. The Morgan fingerprint density at radius 1 is 1.22 bits per heavy atom. The van der Waals surface area contributed by atoms with Crippen LogP contribution in [0.15, 0.2) is 29.3 Å². The predicted octanol–water partition coefficient (Wildman–Crippen LogP) is -0.0148. The van der Waals surface area contributed by atoms with Gasteiger partial charge in [0.2, 0.25) is 17.9 Å². The van der Waals surface area contributed by atoms with Crippen LogP contribution in [0.25, 0.3) is 0 Å². The molecule has 1 heterocycles. The quantitative estimate of drug-likeness (QED) is 0.461. The number of nitrogens with zero attached hydrogens (tertiary/aromatic N) is 2. The number of nitrogens with one attached hydrogen (secondary N) is 1. The molecule has 0 unspecified atom stereocenters. The number of hydrogen-bond acceptors (Lipinski definition) is 5. The first-order valence-corrected chi connectivity index (χ1v) is 5.40. The lowest BCUT2D eigenvalue weighted by Gasteiger charge is -2.28. The molecule has 1 aliphatic rings. The highest BCUT2D eigenvalue weighted by atomic mass is 16.2. The molecule has 92 valence electrons. The van der Waals surface area contributed by atoms with E-state index in [0.717, 1.165) is 11.3 Å². The van der Waals surface area contributed by atoms with Gasteiger partial charge in [0.1, 0.15) is 0 Å². The van der Waals surface area contributed by atoms with Crippen molar-refractivity contribution in [1.82, 2.24) is 5.32 Å². The molecular formula is C12H11N3O3. The third kappa shape index (κ3) is 2.61. The molecule has 0 saturated carbocycles. The van der Waals surface area contributed by atoms with Gasteiger partial charge in [-0.3, -0.25) is 14.9 Å². The van der Waals surface area contributed by atoms with Gasteiger partial charge in [-0.2, -0.15) is 0 Å². The molecule has 0 aromatic heterocycles. The number of carbonyl (C=O) groups excluding carboxylic acids is 3. The van der Waals surface area contributed by atoms with E-state index in [4.69, 9.17) is 0 Å². The number of imide groups is 1. The van der Waals surface area contributed by atoms with E-state index in [0.29, 0.717) is 0 Å². The highest BCUT2D eigenvalue weighted by Gasteiger charge is 2.23. The molecule has 1 aromatic carbocycles. The highest BCUT2D eigenvalue weighted by Crippen LogP contribution is 2.21. The van der Waals surface area contributed by atoms with E-state index in [1.807, 2.05) is 6.07 Å². The standard InChI is InChI=1S/C12H11N3O3/c16-8-13-5-9-3-1-2-4-10(9)15-6-11(17)14-12(18)7-15/h1-4H,5-7H2,(H,14,17,18). The molecule has 0 atom stereocenters. The summed E-state index contributed by atoms with van der Waals surface area (Å²) >= 11 is 0. The molecule has 18 heavy (non-hydrogen) atoms. The number of isocyanates is 1. The Bertz CT molecular complexity index is 519. The molecule has 1 aromatic rings. The van der Waals surface area contributed by atoms with Gasteiger partial charge in [-0.1, -0.05) is 18.2 Å². The van der Waals surface area contributed by atoms with Gasteiger partial charge in [-0.15, -0.1) is 0 Å². The second-order valence-electron chi connectivity index (χ2n) is 3.86. The molecule has 0 radical (unpaired) electrons. The summed E-state index contributed by atoms with van der Waals surface area (Å²) in [5.74, 6) is -0.667. The van der Waals surface area contributed by atoms with Gasteiger partial charge in [0.25, 0.3) is 0 Å². The van der Waals surface area contributed by atoms with Crippen LogP contribution in [0.3, 0.4) is 0 Å². The normalized spacial score (nSPS) is 15.0. The van der Waals surface area contributed by atoms with Crippen molar-refractivity contribution < 1.29 is 14.4 Å². The van der Waals surface area contributed by atoms with Crippen LogP contribution in [0.1, 0.15) is 5.56 Å². The number of benzene rings is 1. The van der Waals surface area contributed by atoms with Gasteiger partial charge in [0.05, 0.1) is 19.6 Å². The molecule has 6 nitrogen and oxygen atoms in total. The maximum absolute atomic E-state index is 11.3. The summed E-state index contributed by atoms with van der Waals surface area (Å²) in [6.07, 6.45) is 1.47. The number of anilines is 1. The van der Waals surface area contributed by atoms with Gasteiger partial charge in [0, 0.05) is 5.69 Å². The number of amides is 2. The fourth-order valence-electron chi connectivity index (χ4n) is 1.88. The number of para-hydroxylation sites is 1. The minimum atomic E-state index is -0.333. The molecule has 0 aliphatic carbocycles. The molecule has 1 fully saturated rings. The van der Waals surface area contributed by atoms with Crippen LogP contribution in [-0.4, -0.2) is 31.0 Å². The topological polar surface area (TPSA) is 78.8 Å². The van der Waals surface area contributed by atoms with Crippen molar-refractivity contribution in [2.75, 3.05) is 18.0 Å². The Labute approximate surface area is 103 Å². The fourth-order valence-corrected chi connectivity index (χ4v) is 1.88. The van der Waals surface area contributed by atoms with E-state index in [9.17, 15) is 14.4 Å². The van der Waals surface area contributed by atoms with Crippen LogP contribution >= 0.6 is 0 Å². The van der Waals surface area contributed by atoms with E-state index in [1.165, 1.54) is 6.08 Å². The fraction of sp³-hybridized carbons (Fsp3) is 0.250. The molecular weight excluding hydrogens is 234 g/mol. The van der Waals surface area contributed by atoms with Crippen LogP contribution in [-0.2, 0) is 20.9 Å². The van der Waals surface area contributed by atoms with Crippen LogP contribution in [0.4, 0.5) is 5.69 Å². The van der Waals surface area contributed by atoms with Crippen molar-refractivity contribution in [3.05, 3.63) is 29.8 Å². The number of rotatable bonds is 3. The summed E-state index contributed by atoms with van der Waals surface area (Å²) in [6, 6.07) is 7.21. The van der Waals surface area contributed by atoms with Crippen molar-refractivity contribution in [1.29, 1.82) is 0 Å². The van der Waals surface area contributed by atoms with E-state index >= 15 is 0 Å². The highest BCUT2D eigenvalue weighted by molar-refractivity contribution is 6.02. The Balaban J connectivity index is 2.28.